The summed E-state index contributed by atoms with van der Waals surface area (Å²) in [6, 6.07) is 0. The molecule has 0 spiro atoms. The van der Waals surface area contributed by atoms with Crippen LogP contribution in [0.25, 0.3) is 0 Å². The molecule has 134 valence electrons. The number of carbonyl (C=O) groups excluding carboxylic acids is 1. The molecule has 2 aliphatic rings. The summed E-state index contributed by atoms with van der Waals surface area (Å²) in [4.78, 5) is 12.4. The normalized spacial score (nSPS) is 29.7. The second kappa shape index (κ2) is 6.25. The fourth-order valence-electron chi connectivity index (χ4n) is 3.46. The van der Waals surface area contributed by atoms with E-state index in [0.29, 0.717) is 12.2 Å². The van der Waals surface area contributed by atoms with Gasteiger partial charge in [-0.1, -0.05) is 57.5 Å². The predicted octanol–water partition coefficient (Wildman–Crippen LogP) is 5.60. The third kappa shape index (κ3) is 3.56. The quantitative estimate of drug-likeness (QED) is 0.480. The van der Waals surface area contributed by atoms with E-state index in [2.05, 4.69) is 6.58 Å². The standard InChI is InChI=1S/C18H22ClF3O2/c1-9(2)14-10(3)6-7-12(14)24-16(23)15-11(17(15,4)5)8-13(19)18(20,21)22/h7-9,11,14-15H,3,6H2,1-2,4-5H3/t11-,14?,15-/m0/s1. The maximum atomic E-state index is 12.6. The van der Waals surface area contributed by atoms with Crippen molar-refractivity contribution in [3.63, 3.8) is 0 Å². The molecule has 0 N–H and O–H groups in total. The Hall–Kier alpha value is -1.23. The molecule has 0 aliphatic heterocycles. The number of rotatable bonds is 4. The van der Waals surface area contributed by atoms with Crippen molar-refractivity contribution in [1.82, 2.24) is 0 Å². The highest BCUT2D eigenvalue weighted by Crippen LogP contribution is 2.61. The zero-order valence-electron chi connectivity index (χ0n) is 14.2. The summed E-state index contributed by atoms with van der Waals surface area (Å²) in [5.41, 5.74) is 0.380. The molecule has 1 fully saturated rings. The van der Waals surface area contributed by atoms with E-state index in [1.54, 1.807) is 13.8 Å². The molecule has 1 saturated carbocycles. The molecule has 24 heavy (non-hydrogen) atoms. The molecule has 0 heterocycles. The molecule has 0 bridgehead atoms. The molecule has 0 amide bonds. The minimum atomic E-state index is -4.59. The first kappa shape index (κ1) is 19.1. The number of esters is 1. The zero-order valence-corrected chi connectivity index (χ0v) is 15.0. The molecule has 2 rings (SSSR count). The lowest BCUT2D eigenvalue weighted by molar-refractivity contribution is -0.142. The van der Waals surface area contributed by atoms with Crippen molar-refractivity contribution < 1.29 is 22.7 Å². The lowest BCUT2D eigenvalue weighted by Gasteiger charge is -2.20. The molecular formula is C18H22ClF3O2. The van der Waals surface area contributed by atoms with E-state index < -0.39 is 34.4 Å². The Morgan fingerprint density at radius 3 is 2.54 bits per heavy atom. The summed E-state index contributed by atoms with van der Waals surface area (Å²) >= 11 is 5.30. The second-order valence-corrected chi connectivity index (χ2v) is 7.86. The van der Waals surface area contributed by atoms with Crippen LogP contribution in [-0.2, 0) is 9.53 Å². The van der Waals surface area contributed by atoms with Crippen LogP contribution in [0, 0.1) is 29.1 Å². The first-order chi connectivity index (χ1) is 10.9. The fraction of sp³-hybridized carbons (Fsp3) is 0.611. The molecule has 0 aromatic carbocycles. The van der Waals surface area contributed by atoms with E-state index in [4.69, 9.17) is 16.3 Å². The van der Waals surface area contributed by atoms with Crippen LogP contribution in [0.1, 0.15) is 34.1 Å². The molecule has 2 nitrogen and oxygen atoms in total. The van der Waals surface area contributed by atoms with E-state index in [0.717, 1.165) is 11.6 Å². The van der Waals surface area contributed by atoms with Gasteiger partial charge < -0.3 is 4.74 Å². The van der Waals surface area contributed by atoms with Gasteiger partial charge in [0, 0.05) is 5.92 Å². The Balaban J connectivity index is 2.10. The van der Waals surface area contributed by atoms with Gasteiger partial charge in [0.15, 0.2) is 0 Å². The van der Waals surface area contributed by atoms with E-state index in [9.17, 15) is 18.0 Å². The van der Waals surface area contributed by atoms with E-state index in [-0.39, 0.29) is 11.8 Å². The minimum absolute atomic E-state index is 0.0245. The average Bonchev–Trinajstić information content (AvgIpc) is 2.75. The third-order valence-corrected chi connectivity index (χ3v) is 5.30. The van der Waals surface area contributed by atoms with Crippen LogP contribution in [0.2, 0.25) is 0 Å². The summed E-state index contributed by atoms with van der Waals surface area (Å²) < 4.78 is 43.3. The van der Waals surface area contributed by atoms with Gasteiger partial charge in [0.2, 0.25) is 0 Å². The lowest BCUT2D eigenvalue weighted by Crippen LogP contribution is -2.17. The second-order valence-electron chi connectivity index (χ2n) is 7.45. The van der Waals surface area contributed by atoms with Gasteiger partial charge in [0.05, 0.1) is 5.92 Å². The molecule has 0 saturated heterocycles. The Kier molecular flexibility index (Phi) is 4.97. The highest BCUT2D eigenvalue weighted by Gasteiger charge is 2.62. The van der Waals surface area contributed by atoms with Crippen molar-refractivity contribution in [1.29, 1.82) is 0 Å². The molecule has 0 radical (unpaired) electrons. The van der Waals surface area contributed by atoms with Crippen molar-refractivity contribution in [2.75, 3.05) is 0 Å². The predicted molar refractivity (Wildman–Crippen MR) is 87.0 cm³/mol. The van der Waals surface area contributed by atoms with Gasteiger partial charge in [-0.25, -0.2) is 0 Å². The highest BCUT2D eigenvalue weighted by molar-refractivity contribution is 6.30. The van der Waals surface area contributed by atoms with E-state index >= 15 is 0 Å². The van der Waals surface area contributed by atoms with Crippen LogP contribution >= 0.6 is 11.6 Å². The zero-order chi connectivity index (χ0) is 18.4. The van der Waals surface area contributed by atoms with E-state index in [1.807, 2.05) is 19.9 Å². The average molecular weight is 363 g/mol. The van der Waals surface area contributed by atoms with Crippen molar-refractivity contribution in [2.45, 2.75) is 40.3 Å². The van der Waals surface area contributed by atoms with Crippen LogP contribution in [0.3, 0.4) is 0 Å². The van der Waals surface area contributed by atoms with Gasteiger partial charge in [-0.15, -0.1) is 0 Å². The van der Waals surface area contributed by atoms with Crippen LogP contribution in [0.5, 0.6) is 0 Å². The SMILES string of the molecule is C=C1CC=C(OC(=O)[C@@H]2[C@H](C=C(Cl)C(F)(F)F)C2(C)C)C1C(C)C. The monoisotopic (exact) mass is 362 g/mol. The van der Waals surface area contributed by atoms with Gasteiger partial charge in [-0.2, -0.15) is 13.2 Å². The third-order valence-electron chi connectivity index (χ3n) is 4.96. The molecule has 0 aromatic rings. The molecular weight excluding hydrogens is 341 g/mol. The first-order valence-corrected chi connectivity index (χ1v) is 8.29. The number of halogens is 4. The Morgan fingerprint density at radius 1 is 1.46 bits per heavy atom. The summed E-state index contributed by atoms with van der Waals surface area (Å²) in [5, 5.41) is -1.19. The van der Waals surface area contributed by atoms with E-state index in [1.165, 1.54) is 0 Å². The summed E-state index contributed by atoms with van der Waals surface area (Å²) in [6.45, 7) is 11.5. The Morgan fingerprint density at radius 2 is 2.04 bits per heavy atom. The van der Waals surface area contributed by atoms with Gasteiger partial charge >= 0.3 is 12.1 Å². The number of carbonyl (C=O) groups is 1. The van der Waals surface area contributed by atoms with Crippen molar-refractivity contribution >= 4 is 17.6 Å². The molecule has 6 heteroatoms. The first-order valence-electron chi connectivity index (χ1n) is 7.91. The molecule has 0 aromatic heterocycles. The van der Waals surface area contributed by atoms with Gasteiger partial charge in [0.25, 0.3) is 0 Å². The van der Waals surface area contributed by atoms with Crippen molar-refractivity contribution in [3.05, 3.63) is 35.1 Å². The van der Waals surface area contributed by atoms with Gasteiger partial charge in [-0.3, -0.25) is 4.79 Å². The van der Waals surface area contributed by atoms with Gasteiger partial charge in [0.1, 0.15) is 10.8 Å². The maximum Gasteiger partial charge on any atom is 0.426 e. The molecule has 3 atom stereocenters. The molecule has 1 unspecified atom stereocenters. The number of alkyl halides is 3. The number of hydrogen-bond acceptors (Lipinski definition) is 2. The lowest BCUT2D eigenvalue weighted by atomic mass is 9.91. The Bertz CT molecular complexity index is 614. The van der Waals surface area contributed by atoms with Crippen LogP contribution in [0.15, 0.2) is 35.1 Å². The van der Waals surface area contributed by atoms with Gasteiger partial charge in [-0.05, 0) is 29.7 Å². The van der Waals surface area contributed by atoms with Crippen LogP contribution in [-0.4, -0.2) is 12.1 Å². The highest BCUT2D eigenvalue weighted by atomic mass is 35.5. The number of hydrogen-bond donors (Lipinski definition) is 0. The van der Waals surface area contributed by atoms with Crippen molar-refractivity contribution in [2.24, 2.45) is 29.1 Å². The number of allylic oxidation sites excluding steroid dienone is 4. The minimum Gasteiger partial charge on any atom is -0.430 e. The fourth-order valence-corrected chi connectivity index (χ4v) is 3.60. The molecule has 2 aliphatic carbocycles. The van der Waals surface area contributed by atoms with Crippen molar-refractivity contribution in [3.8, 4) is 0 Å². The topological polar surface area (TPSA) is 26.3 Å². The summed E-state index contributed by atoms with van der Waals surface area (Å²) in [5.74, 6) is -0.935. The van der Waals surface area contributed by atoms with Crippen LogP contribution in [0.4, 0.5) is 13.2 Å². The number of ether oxygens (including phenoxy) is 1. The smallest absolute Gasteiger partial charge is 0.426 e. The summed E-state index contributed by atoms with van der Waals surface area (Å²) in [6.07, 6.45) is -1.19. The Labute approximate surface area is 145 Å². The summed E-state index contributed by atoms with van der Waals surface area (Å²) in [7, 11) is 0. The van der Waals surface area contributed by atoms with Crippen LogP contribution < -0.4 is 0 Å². The maximum absolute atomic E-state index is 12.6. The largest absolute Gasteiger partial charge is 0.430 e.